The van der Waals surface area contributed by atoms with Crippen LogP contribution in [0, 0.1) is 5.92 Å². The third-order valence-electron chi connectivity index (χ3n) is 4.37. The van der Waals surface area contributed by atoms with Gasteiger partial charge in [0.1, 0.15) is 5.41 Å². The van der Waals surface area contributed by atoms with Gasteiger partial charge in [-0.05, 0) is 30.5 Å². The number of aromatic nitrogens is 1. The van der Waals surface area contributed by atoms with Gasteiger partial charge in [0.25, 0.3) is 0 Å². The number of fused-ring (bicyclic) bond motifs is 4. The van der Waals surface area contributed by atoms with Gasteiger partial charge in [-0.1, -0.05) is 17.7 Å². The van der Waals surface area contributed by atoms with Crippen molar-refractivity contribution < 1.29 is 23.1 Å². The Bertz CT molecular complexity index is 706. The third-order valence-corrected chi connectivity index (χ3v) is 4.37. The summed E-state index contributed by atoms with van der Waals surface area (Å²) in [6.07, 6.45) is -0.767. The highest BCUT2D eigenvalue weighted by atomic mass is 19.4. The number of carbonyl (C=O) groups is 1. The Labute approximate surface area is 125 Å². The number of nitrogens with zero attached hydrogens (tertiary/aromatic N) is 1. The van der Waals surface area contributed by atoms with Crippen molar-refractivity contribution in [1.82, 2.24) is 4.98 Å². The molecule has 0 spiro atoms. The minimum Gasteiger partial charge on any atom is -0.480 e. The molecule has 2 atom stereocenters. The van der Waals surface area contributed by atoms with Gasteiger partial charge in [-0.2, -0.15) is 13.2 Å². The fourth-order valence-corrected chi connectivity index (χ4v) is 3.67. The van der Waals surface area contributed by atoms with Crippen LogP contribution in [0.2, 0.25) is 0 Å². The Balaban J connectivity index is 2.33. The molecule has 6 heteroatoms. The minimum absolute atomic E-state index is 0.0411. The first-order valence-corrected chi connectivity index (χ1v) is 6.89. The van der Waals surface area contributed by atoms with Crippen molar-refractivity contribution in [1.29, 1.82) is 0 Å². The molecule has 2 aliphatic carbocycles. The van der Waals surface area contributed by atoms with Gasteiger partial charge in [0.2, 0.25) is 0 Å². The molecule has 1 aromatic heterocycles. The molecule has 0 aliphatic heterocycles. The van der Waals surface area contributed by atoms with E-state index in [0.29, 0.717) is 17.7 Å². The summed E-state index contributed by atoms with van der Waals surface area (Å²) in [6.45, 7) is 1.76. The van der Waals surface area contributed by atoms with E-state index in [4.69, 9.17) is 0 Å². The molecule has 116 valence electrons. The second-order valence-corrected chi connectivity index (χ2v) is 5.85. The zero-order valence-electron chi connectivity index (χ0n) is 11.8. The van der Waals surface area contributed by atoms with E-state index in [0.717, 1.165) is 5.57 Å². The number of hydrogen-bond donors (Lipinski definition) is 1. The maximum atomic E-state index is 12.9. The molecule has 22 heavy (non-hydrogen) atoms. The quantitative estimate of drug-likeness (QED) is 0.809. The molecule has 3 rings (SSSR count). The van der Waals surface area contributed by atoms with Crippen molar-refractivity contribution in [3.8, 4) is 0 Å². The molecule has 3 nitrogen and oxygen atoms in total. The molecule has 0 saturated carbocycles. The van der Waals surface area contributed by atoms with Crippen molar-refractivity contribution in [3.05, 3.63) is 52.9 Å². The predicted octanol–water partition coefficient (Wildman–Crippen LogP) is 3.42. The number of alkyl halides is 3. The molecule has 1 aromatic rings. The second kappa shape index (κ2) is 4.69. The van der Waals surface area contributed by atoms with Gasteiger partial charge < -0.3 is 5.11 Å². The Kier molecular flexibility index (Phi) is 3.16. The molecule has 0 amide bonds. The van der Waals surface area contributed by atoms with Crippen molar-refractivity contribution in [2.75, 3.05) is 0 Å². The van der Waals surface area contributed by atoms with E-state index < -0.39 is 23.5 Å². The molecular formula is C16H14F3NO2. The number of aliphatic carboxylic acids is 1. The molecule has 0 fully saturated rings. The van der Waals surface area contributed by atoms with Gasteiger partial charge in [0.05, 0.1) is 0 Å². The van der Waals surface area contributed by atoms with Crippen LogP contribution in [0.3, 0.4) is 0 Å². The van der Waals surface area contributed by atoms with Crippen molar-refractivity contribution in [3.63, 3.8) is 0 Å². The summed E-state index contributed by atoms with van der Waals surface area (Å²) >= 11 is 0. The topological polar surface area (TPSA) is 50.2 Å². The molecule has 1 N–H and O–H groups in total. The average Bonchev–Trinajstić information content (AvgIpc) is 2.38. The van der Waals surface area contributed by atoms with Crippen molar-refractivity contribution in [2.45, 2.75) is 31.4 Å². The van der Waals surface area contributed by atoms with E-state index in [1.54, 1.807) is 31.3 Å². The first kappa shape index (κ1) is 14.8. The zero-order valence-corrected chi connectivity index (χ0v) is 11.8. The smallest absolute Gasteiger partial charge is 0.409 e. The van der Waals surface area contributed by atoms with Crippen LogP contribution in [0.25, 0.3) is 0 Å². The lowest BCUT2D eigenvalue weighted by molar-refractivity contribution is -0.143. The molecule has 0 radical (unpaired) electrons. The van der Waals surface area contributed by atoms with E-state index >= 15 is 0 Å². The van der Waals surface area contributed by atoms with E-state index in [2.05, 4.69) is 4.98 Å². The first-order valence-electron chi connectivity index (χ1n) is 6.89. The van der Waals surface area contributed by atoms with Gasteiger partial charge in [-0.15, -0.1) is 0 Å². The zero-order chi connectivity index (χ0) is 16.1. The van der Waals surface area contributed by atoms with Gasteiger partial charge >= 0.3 is 12.1 Å². The van der Waals surface area contributed by atoms with Crippen LogP contribution in [0.4, 0.5) is 13.2 Å². The number of carboxylic acid groups (broad SMARTS) is 1. The fraction of sp³-hybridized carbons (Fsp3) is 0.375. The van der Waals surface area contributed by atoms with Crippen molar-refractivity contribution in [2.24, 2.45) is 5.92 Å². The van der Waals surface area contributed by atoms with Crippen LogP contribution < -0.4 is 0 Å². The van der Waals surface area contributed by atoms with Crippen LogP contribution in [0.15, 0.2) is 41.6 Å². The summed E-state index contributed by atoms with van der Waals surface area (Å²) in [5, 5.41) is 9.81. The van der Waals surface area contributed by atoms with Gasteiger partial charge in [0, 0.05) is 30.3 Å². The Hall–Kier alpha value is -2.11. The Morgan fingerprint density at radius 3 is 2.86 bits per heavy atom. The molecule has 2 unspecified atom stereocenters. The van der Waals surface area contributed by atoms with E-state index in [-0.39, 0.29) is 18.1 Å². The Morgan fingerprint density at radius 2 is 2.23 bits per heavy atom. The number of rotatable bonds is 1. The maximum Gasteiger partial charge on any atom is 0.409 e. The highest BCUT2D eigenvalue weighted by Gasteiger charge is 2.53. The molecule has 1 heterocycles. The number of allylic oxidation sites excluding steroid dienone is 3. The predicted molar refractivity (Wildman–Crippen MR) is 73.3 cm³/mol. The third kappa shape index (κ3) is 2.14. The van der Waals surface area contributed by atoms with Crippen molar-refractivity contribution >= 4 is 5.97 Å². The number of carboxylic acids is 1. The monoisotopic (exact) mass is 309 g/mol. The van der Waals surface area contributed by atoms with Gasteiger partial charge in [0.15, 0.2) is 0 Å². The fourth-order valence-electron chi connectivity index (χ4n) is 3.67. The van der Waals surface area contributed by atoms with Crippen LogP contribution in [0.1, 0.15) is 24.6 Å². The molecular weight excluding hydrogens is 295 g/mol. The average molecular weight is 309 g/mol. The Morgan fingerprint density at radius 1 is 1.50 bits per heavy atom. The molecule has 2 bridgehead atoms. The number of halogens is 3. The number of pyridine rings is 1. The van der Waals surface area contributed by atoms with Gasteiger partial charge in [-0.3, -0.25) is 9.78 Å². The molecule has 2 aliphatic rings. The van der Waals surface area contributed by atoms with E-state index in [9.17, 15) is 23.1 Å². The van der Waals surface area contributed by atoms with Crippen LogP contribution in [-0.4, -0.2) is 22.2 Å². The highest BCUT2D eigenvalue weighted by Crippen LogP contribution is 2.52. The maximum absolute atomic E-state index is 12.9. The summed E-state index contributed by atoms with van der Waals surface area (Å²) in [5.41, 5.74) is -0.0135. The summed E-state index contributed by atoms with van der Waals surface area (Å²) in [6, 6.07) is 3.15. The van der Waals surface area contributed by atoms with Crippen LogP contribution in [0.5, 0.6) is 0 Å². The molecule has 0 aromatic carbocycles. The highest BCUT2D eigenvalue weighted by molar-refractivity contribution is 5.88. The summed E-state index contributed by atoms with van der Waals surface area (Å²) < 4.78 is 38.8. The minimum atomic E-state index is -4.55. The van der Waals surface area contributed by atoms with Crippen LogP contribution >= 0.6 is 0 Å². The summed E-state index contributed by atoms with van der Waals surface area (Å²) in [7, 11) is 0. The van der Waals surface area contributed by atoms with E-state index in [1.165, 1.54) is 0 Å². The second-order valence-electron chi connectivity index (χ2n) is 5.85. The lowest BCUT2D eigenvalue weighted by Gasteiger charge is -2.44. The SMILES string of the molecule is CC1=CC2Cc3ncccc3C(C(=O)O)(C1)/C2=C/C(F)(F)F. The number of hydrogen-bond acceptors (Lipinski definition) is 2. The van der Waals surface area contributed by atoms with Gasteiger partial charge in [-0.25, -0.2) is 0 Å². The lowest BCUT2D eigenvalue weighted by atomic mass is 9.58. The first-order chi connectivity index (χ1) is 10.2. The summed E-state index contributed by atoms with van der Waals surface area (Å²) in [5.74, 6) is -1.83. The normalized spacial score (nSPS) is 29.0. The van der Waals surface area contributed by atoms with E-state index in [1.807, 2.05) is 0 Å². The standard InChI is InChI=1S/C16H14F3NO2/c1-9-5-10-6-13-11(3-2-4-20-13)15(7-9,14(21)22)12(10)8-16(17,18)19/h2-5,8,10H,6-7H2,1H3,(H,21,22)/b12-8+. The lowest BCUT2D eigenvalue weighted by Crippen LogP contribution is -2.47. The summed E-state index contributed by atoms with van der Waals surface area (Å²) in [4.78, 5) is 16.2. The largest absolute Gasteiger partial charge is 0.480 e. The van der Waals surface area contributed by atoms with Crippen LogP contribution in [-0.2, 0) is 16.6 Å². The molecule has 0 saturated heterocycles.